The Kier molecular flexibility index (Phi) is 8.69. The van der Waals surface area contributed by atoms with E-state index in [0.717, 1.165) is 19.3 Å². The minimum absolute atomic E-state index is 0.278. The van der Waals surface area contributed by atoms with Gasteiger partial charge in [-0.2, -0.15) is 4.31 Å². The first kappa shape index (κ1) is 24.0. The van der Waals surface area contributed by atoms with Gasteiger partial charge in [0.25, 0.3) is 0 Å². The van der Waals surface area contributed by atoms with Gasteiger partial charge in [-0.15, -0.1) is 0 Å². The molecule has 2 heterocycles. The Hall–Kier alpha value is -1.70. The summed E-state index contributed by atoms with van der Waals surface area (Å²) in [7, 11) is -3.52. The van der Waals surface area contributed by atoms with E-state index < -0.39 is 10.0 Å². The van der Waals surface area contributed by atoms with Crippen LogP contribution in [0.1, 0.15) is 51.9 Å². The zero-order chi connectivity index (χ0) is 22.3. The number of nitrogens with zero attached hydrogens (tertiary/aromatic N) is 2. The fourth-order valence-electron chi connectivity index (χ4n) is 4.76. The lowest BCUT2D eigenvalue weighted by Crippen LogP contribution is -2.33. The zero-order valence-electron chi connectivity index (χ0n) is 18.8. The number of likely N-dealkylation sites (tertiary alicyclic amines) is 1. The molecule has 2 atom stereocenters. The Morgan fingerprint density at radius 2 is 1.81 bits per heavy atom. The van der Waals surface area contributed by atoms with Gasteiger partial charge in [0.2, 0.25) is 15.9 Å². The standard InChI is InChI=1S/C24H37N3O3S/c1-3-24(28)25-22-9-11-23(12-10-22)31(29,30)27-17-7-8-21(14-19-27)20(2)13-18-26-15-5-4-6-16-26/h3,9-12,20-21H,1,4-8,13-19H2,2H3,(H,25,28). The third-order valence-corrected chi connectivity index (χ3v) is 8.74. The van der Waals surface area contributed by atoms with Crippen molar-refractivity contribution in [2.45, 2.75) is 56.8 Å². The SMILES string of the molecule is C=CC(=O)Nc1ccc(S(=O)(=O)N2CCCC(C(C)CCN3CCCCC3)CC2)cc1. The molecule has 6 nitrogen and oxygen atoms in total. The molecule has 2 unspecified atom stereocenters. The largest absolute Gasteiger partial charge is 0.323 e. The van der Waals surface area contributed by atoms with Gasteiger partial charge < -0.3 is 10.2 Å². The summed E-state index contributed by atoms with van der Waals surface area (Å²) < 4.78 is 27.9. The highest BCUT2D eigenvalue weighted by molar-refractivity contribution is 7.89. The summed E-state index contributed by atoms with van der Waals surface area (Å²) in [6.45, 7) is 10.6. The topological polar surface area (TPSA) is 69.7 Å². The summed E-state index contributed by atoms with van der Waals surface area (Å²) in [5.41, 5.74) is 0.558. The lowest BCUT2D eigenvalue weighted by molar-refractivity contribution is -0.111. The third-order valence-electron chi connectivity index (χ3n) is 6.83. The third kappa shape index (κ3) is 6.64. The first-order chi connectivity index (χ1) is 14.9. The Morgan fingerprint density at radius 3 is 2.48 bits per heavy atom. The van der Waals surface area contributed by atoms with Gasteiger partial charge in [-0.1, -0.05) is 19.9 Å². The maximum absolute atomic E-state index is 13.2. The number of sulfonamides is 1. The van der Waals surface area contributed by atoms with E-state index in [0.29, 0.717) is 30.6 Å². The van der Waals surface area contributed by atoms with Gasteiger partial charge in [-0.05, 0) is 100 Å². The van der Waals surface area contributed by atoms with Crippen molar-refractivity contribution in [2.75, 3.05) is 38.0 Å². The Morgan fingerprint density at radius 1 is 1.10 bits per heavy atom. The number of carbonyl (C=O) groups excluding carboxylic acids is 1. The second-order valence-corrected chi connectivity index (χ2v) is 10.9. The Labute approximate surface area is 187 Å². The molecule has 0 aromatic heterocycles. The monoisotopic (exact) mass is 447 g/mol. The number of hydrogen-bond acceptors (Lipinski definition) is 4. The summed E-state index contributed by atoms with van der Waals surface area (Å²) in [5.74, 6) is 0.891. The van der Waals surface area contributed by atoms with Crippen molar-refractivity contribution in [1.29, 1.82) is 0 Å². The first-order valence-electron chi connectivity index (χ1n) is 11.7. The van der Waals surface area contributed by atoms with Crippen molar-refractivity contribution < 1.29 is 13.2 Å². The molecule has 1 amide bonds. The molecular weight excluding hydrogens is 410 g/mol. The molecule has 0 aliphatic carbocycles. The van der Waals surface area contributed by atoms with Gasteiger partial charge in [0.15, 0.2) is 0 Å². The van der Waals surface area contributed by atoms with E-state index in [1.54, 1.807) is 28.6 Å². The van der Waals surface area contributed by atoms with Crippen LogP contribution in [-0.4, -0.2) is 56.3 Å². The minimum atomic E-state index is -3.52. The van der Waals surface area contributed by atoms with Gasteiger partial charge in [-0.3, -0.25) is 4.79 Å². The Bertz CT molecular complexity index is 832. The van der Waals surface area contributed by atoms with E-state index in [1.165, 1.54) is 51.4 Å². The predicted octanol–water partition coefficient (Wildman–Crippen LogP) is 4.11. The van der Waals surface area contributed by atoms with Crippen molar-refractivity contribution in [2.24, 2.45) is 11.8 Å². The second-order valence-electron chi connectivity index (χ2n) is 8.98. The average Bonchev–Trinajstić information content (AvgIpc) is 3.05. The highest BCUT2D eigenvalue weighted by Crippen LogP contribution is 2.30. The van der Waals surface area contributed by atoms with E-state index in [-0.39, 0.29) is 10.8 Å². The molecule has 2 saturated heterocycles. The molecule has 0 bridgehead atoms. The van der Waals surface area contributed by atoms with Crippen LogP contribution in [0.25, 0.3) is 0 Å². The number of nitrogens with one attached hydrogen (secondary N) is 1. The number of piperidine rings is 1. The van der Waals surface area contributed by atoms with E-state index in [2.05, 4.69) is 23.7 Å². The molecule has 2 aliphatic rings. The zero-order valence-corrected chi connectivity index (χ0v) is 19.6. The van der Waals surface area contributed by atoms with Crippen LogP contribution in [0.4, 0.5) is 5.69 Å². The maximum atomic E-state index is 13.2. The van der Waals surface area contributed by atoms with Crippen LogP contribution >= 0.6 is 0 Å². The molecule has 0 spiro atoms. The predicted molar refractivity (Wildman–Crippen MR) is 125 cm³/mol. The molecule has 1 aromatic rings. The average molecular weight is 448 g/mol. The number of rotatable bonds is 8. The normalized spacial score (nSPS) is 22.4. The van der Waals surface area contributed by atoms with E-state index in [4.69, 9.17) is 0 Å². The lowest BCUT2D eigenvalue weighted by atomic mass is 9.85. The fraction of sp³-hybridized carbons (Fsp3) is 0.625. The summed E-state index contributed by atoms with van der Waals surface area (Å²) in [6, 6.07) is 6.38. The highest BCUT2D eigenvalue weighted by Gasteiger charge is 2.29. The molecule has 1 N–H and O–H groups in total. The first-order valence-corrected chi connectivity index (χ1v) is 13.1. The minimum Gasteiger partial charge on any atom is -0.323 e. The van der Waals surface area contributed by atoms with Crippen molar-refractivity contribution in [3.05, 3.63) is 36.9 Å². The Balaban J connectivity index is 1.54. The smallest absolute Gasteiger partial charge is 0.247 e. The van der Waals surface area contributed by atoms with Crippen LogP contribution in [0.5, 0.6) is 0 Å². The van der Waals surface area contributed by atoms with Gasteiger partial charge in [0, 0.05) is 18.8 Å². The highest BCUT2D eigenvalue weighted by atomic mass is 32.2. The van der Waals surface area contributed by atoms with E-state index in [1.807, 2.05) is 0 Å². The van der Waals surface area contributed by atoms with Gasteiger partial charge in [-0.25, -0.2) is 8.42 Å². The maximum Gasteiger partial charge on any atom is 0.247 e. The van der Waals surface area contributed by atoms with Crippen LogP contribution in [0, 0.1) is 11.8 Å². The van der Waals surface area contributed by atoms with E-state index in [9.17, 15) is 13.2 Å². The lowest BCUT2D eigenvalue weighted by Gasteiger charge is -2.29. The molecule has 0 radical (unpaired) electrons. The van der Waals surface area contributed by atoms with Crippen LogP contribution in [-0.2, 0) is 14.8 Å². The summed E-state index contributed by atoms with van der Waals surface area (Å²) in [5, 5.41) is 2.64. The number of amides is 1. The second kappa shape index (κ2) is 11.2. The van der Waals surface area contributed by atoms with Gasteiger partial charge in [0.1, 0.15) is 0 Å². The fourth-order valence-corrected chi connectivity index (χ4v) is 6.26. The molecule has 2 fully saturated rings. The molecule has 172 valence electrons. The van der Waals surface area contributed by atoms with Crippen LogP contribution in [0.2, 0.25) is 0 Å². The van der Waals surface area contributed by atoms with Crippen molar-refractivity contribution >= 4 is 21.6 Å². The van der Waals surface area contributed by atoms with Crippen molar-refractivity contribution in [1.82, 2.24) is 9.21 Å². The van der Waals surface area contributed by atoms with Gasteiger partial charge >= 0.3 is 0 Å². The molecular formula is C24H37N3O3S. The van der Waals surface area contributed by atoms with Crippen LogP contribution < -0.4 is 5.32 Å². The summed E-state index contributed by atoms with van der Waals surface area (Å²) in [4.78, 5) is 14.3. The number of carbonyl (C=O) groups is 1. The molecule has 0 saturated carbocycles. The molecule has 3 rings (SSSR count). The number of hydrogen-bond donors (Lipinski definition) is 1. The summed E-state index contributed by atoms with van der Waals surface area (Å²) >= 11 is 0. The van der Waals surface area contributed by atoms with Crippen molar-refractivity contribution in [3.63, 3.8) is 0 Å². The molecule has 31 heavy (non-hydrogen) atoms. The van der Waals surface area contributed by atoms with Crippen LogP contribution in [0.3, 0.4) is 0 Å². The molecule has 7 heteroatoms. The number of benzene rings is 1. The van der Waals surface area contributed by atoms with Gasteiger partial charge in [0.05, 0.1) is 4.90 Å². The molecule has 1 aromatic carbocycles. The van der Waals surface area contributed by atoms with E-state index >= 15 is 0 Å². The number of anilines is 1. The van der Waals surface area contributed by atoms with Crippen molar-refractivity contribution in [3.8, 4) is 0 Å². The quantitative estimate of drug-likeness (QED) is 0.609. The summed E-state index contributed by atoms with van der Waals surface area (Å²) in [6.07, 6.45) is 9.34. The van der Waals surface area contributed by atoms with Crippen LogP contribution in [0.15, 0.2) is 41.8 Å². The molecule has 2 aliphatic heterocycles.